The van der Waals surface area contributed by atoms with Crippen LogP contribution >= 0.6 is 12.2 Å². The van der Waals surface area contributed by atoms with E-state index in [-0.39, 0.29) is 10.7 Å². The molecule has 1 saturated heterocycles. The van der Waals surface area contributed by atoms with Crippen LogP contribution in [0.25, 0.3) is 0 Å². The van der Waals surface area contributed by atoms with Gasteiger partial charge in [-0.05, 0) is 42.5 Å². The summed E-state index contributed by atoms with van der Waals surface area (Å²) in [7, 11) is -1.77. The van der Waals surface area contributed by atoms with Crippen molar-refractivity contribution in [3.8, 4) is 0 Å². The monoisotopic (exact) mass is 423 g/mol. The molecule has 1 aliphatic heterocycles. The molecule has 0 aliphatic carbocycles. The van der Waals surface area contributed by atoms with Gasteiger partial charge in [-0.3, -0.25) is 0 Å². The maximum Gasteiger partial charge on any atom is 0.243 e. The fourth-order valence-electron chi connectivity index (χ4n) is 2.82. The summed E-state index contributed by atoms with van der Waals surface area (Å²) in [5.41, 5.74) is 1.20. The average molecular weight is 424 g/mol. The summed E-state index contributed by atoms with van der Waals surface area (Å²) < 4.78 is 45.7. The minimum absolute atomic E-state index is 0.227. The molecule has 1 aliphatic rings. The predicted octanol–water partition coefficient (Wildman–Crippen LogP) is 2.68. The van der Waals surface area contributed by atoms with E-state index in [1.807, 2.05) is 0 Å². The molecule has 3 rings (SSSR count). The molecule has 0 amide bonds. The van der Waals surface area contributed by atoms with Crippen LogP contribution in [-0.2, 0) is 21.3 Å². The number of rotatable bonds is 5. The fraction of sp³-hybridized carbons (Fsp3) is 0.316. The van der Waals surface area contributed by atoms with Gasteiger partial charge in [0.05, 0.1) is 18.1 Å². The van der Waals surface area contributed by atoms with E-state index in [0.29, 0.717) is 49.2 Å². The molecule has 28 heavy (non-hydrogen) atoms. The molecule has 0 saturated carbocycles. The van der Waals surface area contributed by atoms with Gasteiger partial charge >= 0.3 is 0 Å². The number of benzene rings is 2. The topological polar surface area (TPSA) is 61.9 Å². The van der Waals surface area contributed by atoms with Crippen LogP contribution in [0.5, 0.6) is 0 Å². The maximum atomic E-state index is 13.8. The summed E-state index contributed by atoms with van der Waals surface area (Å²) in [6.45, 7) is 1.84. The van der Waals surface area contributed by atoms with Crippen LogP contribution in [0.1, 0.15) is 5.56 Å². The third-order valence-corrected chi connectivity index (χ3v) is 6.75. The molecule has 1 heterocycles. The van der Waals surface area contributed by atoms with E-state index in [0.717, 1.165) is 0 Å². The number of morpholine rings is 1. The molecule has 9 heteroatoms. The second-order valence-electron chi connectivity index (χ2n) is 6.42. The van der Waals surface area contributed by atoms with E-state index in [9.17, 15) is 12.8 Å². The molecule has 0 radical (unpaired) electrons. The molecular weight excluding hydrogens is 401 g/mol. The van der Waals surface area contributed by atoms with Gasteiger partial charge in [-0.15, -0.1) is 0 Å². The molecule has 1 N–H and O–H groups in total. The van der Waals surface area contributed by atoms with E-state index in [1.165, 1.54) is 10.4 Å². The number of thiocarbonyl (C=S) groups is 1. The number of nitrogens with zero attached hydrogens (tertiary/aromatic N) is 2. The van der Waals surface area contributed by atoms with Crippen LogP contribution in [0.4, 0.5) is 10.1 Å². The van der Waals surface area contributed by atoms with Crippen molar-refractivity contribution in [2.75, 3.05) is 38.7 Å². The molecule has 0 atom stereocenters. The normalized spacial score (nSPS) is 15.2. The number of hydrogen-bond acceptors (Lipinski definition) is 4. The molecular formula is C19H22FN3O3S2. The van der Waals surface area contributed by atoms with Gasteiger partial charge in [0, 0.05) is 37.9 Å². The van der Waals surface area contributed by atoms with E-state index in [4.69, 9.17) is 17.0 Å². The van der Waals surface area contributed by atoms with Gasteiger partial charge in [-0.1, -0.05) is 18.2 Å². The van der Waals surface area contributed by atoms with E-state index >= 15 is 0 Å². The second kappa shape index (κ2) is 8.95. The summed E-state index contributed by atoms with van der Waals surface area (Å²) >= 11 is 5.36. The van der Waals surface area contributed by atoms with E-state index in [2.05, 4.69) is 5.32 Å². The van der Waals surface area contributed by atoms with Crippen molar-refractivity contribution in [2.45, 2.75) is 11.4 Å². The fourth-order valence-corrected chi connectivity index (χ4v) is 4.41. The van der Waals surface area contributed by atoms with Crippen molar-refractivity contribution in [3.63, 3.8) is 0 Å². The van der Waals surface area contributed by atoms with Crippen LogP contribution in [-0.4, -0.2) is 56.1 Å². The third kappa shape index (κ3) is 4.85. The highest BCUT2D eigenvalue weighted by Crippen LogP contribution is 2.20. The summed E-state index contributed by atoms with van der Waals surface area (Å²) in [5.74, 6) is -0.283. The van der Waals surface area contributed by atoms with Crippen LogP contribution in [0, 0.1) is 5.82 Å². The van der Waals surface area contributed by atoms with Crippen LogP contribution < -0.4 is 5.32 Å². The first-order valence-corrected chi connectivity index (χ1v) is 10.7. The van der Waals surface area contributed by atoms with Crippen molar-refractivity contribution in [1.29, 1.82) is 0 Å². The van der Waals surface area contributed by atoms with Gasteiger partial charge in [0.25, 0.3) is 0 Å². The van der Waals surface area contributed by atoms with Crippen LogP contribution in [0.15, 0.2) is 53.4 Å². The van der Waals surface area contributed by atoms with Gasteiger partial charge in [-0.25, -0.2) is 12.8 Å². The highest BCUT2D eigenvalue weighted by Gasteiger charge is 2.26. The quantitative estimate of drug-likeness (QED) is 0.746. The van der Waals surface area contributed by atoms with Crippen molar-refractivity contribution >= 4 is 33.0 Å². The van der Waals surface area contributed by atoms with E-state index < -0.39 is 10.0 Å². The van der Waals surface area contributed by atoms with Gasteiger partial charge in [-0.2, -0.15) is 4.31 Å². The molecule has 2 aromatic rings. The van der Waals surface area contributed by atoms with E-state index in [1.54, 1.807) is 54.4 Å². The average Bonchev–Trinajstić information content (AvgIpc) is 2.70. The predicted molar refractivity (Wildman–Crippen MR) is 110 cm³/mol. The lowest BCUT2D eigenvalue weighted by molar-refractivity contribution is 0.0730. The molecule has 6 nitrogen and oxygen atoms in total. The largest absolute Gasteiger partial charge is 0.379 e. The van der Waals surface area contributed by atoms with Crippen LogP contribution in [0.3, 0.4) is 0 Å². The van der Waals surface area contributed by atoms with Gasteiger partial charge in [0.2, 0.25) is 10.0 Å². The Balaban J connectivity index is 1.63. The lowest BCUT2D eigenvalue weighted by atomic mass is 10.2. The lowest BCUT2D eigenvalue weighted by Gasteiger charge is -2.26. The minimum atomic E-state index is -3.53. The molecule has 0 unspecified atom stereocenters. The summed E-state index contributed by atoms with van der Waals surface area (Å²) in [4.78, 5) is 1.94. The first kappa shape index (κ1) is 20.7. The SMILES string of the molecule is CN(Cc1ccccc1F)C(=S)Nc1ccc(S(=O)(=O)N2CCOCC2)cc1. The zero-order chi connectivity index (χ0) is 20.1. The van der Waals surface area contributed by atoms with Crippen LogP contribution in [0.2, 0.25) is 0 Å². The standard InChI is InChI=1S/C19H22FN3O3S2/c1-22(14-15-4-2-3-5-18(15)20)19(27)21-16-6-8-17(9-7-16)28(24,25)23-10-12-26-13-11-23/h2-9H,10-14H2,1H3,(H,21,27). The Morgan fingerprint density at radius 1 is 1.18 bits per heavy atom. The second-order valence-corrected chi connectivity index (χ2v) is 8.74. The molecule has 0 bridgehead atoms. The first-order valence-electron chi connectivity index (χ1n) is 8.81. The number of ether oxygens (including phenoxy) is 1. The summed E-state index contributed by atoms with van der Waals surface area (Å²) in [5, 5.41) is 3.46. The first-order chi connectivity index (χ1) is 13.4. The Labute approximate surface area is 170 Å². The maximum absolute atomic E-state index is 13.8. The zero-order valence-corrected chi connectivity index (χ0v) is 17.1. The number of sulfonamides is 1. The van der Waals surface area contributed by atoms with Gasteiger partial charge in [0.15, 0.2) is 5.11 Å². The smallest absolute Gasteiger partial charge is 0.243 e. The Morgan fingerprint density at radius 2 is 1.82 bits per heavy atom. The zero-order valence-electron chi connectivity index (χ0n) is 15.5. The molecule has 1 fully saturated rings. The number of hydrogen-bond donors (Lipinski definition) is 1. The Kier molecular flexibility index (Phi) is 6.61. The third-order valence-electron chi connectivity index (χ3n) is 4.43. The van der Waals surface area contributed by atoms with Crippen molar-refractivity contribution in [2.24, 2.45) is 0 Å². The Bertz CT molecular complexity index is 930. The highest BCUT2D eigenvalue weighted by atomic mass is 32.2. The summed E-state index contributed by atoms with van der Waals surface area (Å²) in [6.07, 6.45) is 0. The van der Waals surface area contributed by atoms with Crippen molar-refractivity contribution in [3.05, 3.63) is 59.9 Å². The number of nitrogens with one attached hydrogen (secondary N) is 1. The van der Waals surface area contributed by atoms with Crippen molar-refractivity contribution in [1.82, 2.24) is 9.21 Å². The van der Waals surface area contributed by atoms with Gasteiger partial charge < -0.3 is 15.0 Å². The number of halogens is 1. The molecule has 0 aromatic heterocycles. The van der Waals surface area contributed by atoms with Crippen molar-refractivity contribution < 1.29 is 17.5 Å². The lowest BCUT2D eigenvalue weighted by Crippen LogP contribution is -2.40. The summed E-state index contributed by atoms with van der Waals surface area (Å²) in [6, 6.07) is 13.0. The molecule has 2 aromatic carbocycles. The van der Waals surface area contributed by atoms with Gasteiger partial charge in [0.1, 0.15) is 5.82 Å². The highest BCUT2D eigenvalue weighted by molar-refractivity contribution is 7.89. The Morgan fingerprint density at radius 3 is 2.46 bits per heavy atom. The Hall–Kier alpha value is -2.07. The molecule has 0 spiro atoms. The minimum Gasteiger partial charge on any atom is -0.379 e. The number of anilines is 1. The molecule has 150 valence electrons.